The molecule has 1 aromatic heterocycles. The molecule has 1 aliphatic rings. The molecule has 0 radical (unpaired) electrons. The lowest BCUT2D eigenvalue weighted by Crippen LogP contribution is -2.32. The second-order valence-corrected chi connectivity index (χ2v) is 7.46. The predicted molar refractivity (Wildman–Crippen MR) is 109 cm³/mol. The zero-order valence-corrected chi connectivity index (χ0v) is 16.0. The van der Waals surface area contributed by atoms with Crippen molar-refractivity contribution in [3.05, 3.63) is 77.8 Å². The number of carbonyl (C=O) groups excluding carboxylic acids is 1. The van der Waals surface area contributed by atoms with Gasteiger partial charge in [0.15, 0.2) is 0 Å². The Bertz CT molecular complexity index is 1020. The molecule has 2 aromatic carbocycles. The second kappa shape index (κ2) is 8.07. The van der Waals surface area contributed by atoms with Gasteiger partial charge in [-0.05, 0) is 61.7 Å². The molecule has 0 aliphatic carbocycles. The number of fused-ring (bicyclic) bond motifs is 1. The molecule has 0 atom stereocenters. The number of carbonyl (C=O) groups is 1. The zero-order valence-electron chi connectivity index (χ0n) is 16.0. The van der Waals surface area contributed by atoms with E-state index in [1.807, 2.05) is 43.5 Å². The van der Waals surface area contributed by atoms with Gasteiger partial charge in [-0.15, -0.1) is 0 Å². The molecule has 4 nitrogen and oxygen atoms in total. The number of halogens is 1. The summed E-state index contributed by atoms with van der Waals surface area (Å²) in [6.07, 6.45) is 5.72. The Hall–Kier alpha value is -2.79. The van der Waals surface area contributed by atoms with Gasteiger partial charge in [0.2, 0.25) is 5.78 Å². The number of hydrogen-bond acceptors (Lipinski definition) is 3. The van der Waals surface area contributed by atoms with Crippen LogP contribution >= 0.6 is 0 Å². The van der Waals surface area contributed by atoms with Crippen LogP contribution < -0.4 is 0 Å². The second-order valence-electron chi connectivity index (χ2n) is 7.46. The van der Waals surface area contributed by atoms with Crippen LogP contribution in [0.15, 0.2) is 60.7 Å². The van der Waals surface area contributed by atoms with Crippen molar-refractivity contribution in [3.63, 3.8) is 0 Å². The number of para-hydroxylation sites is 1. The summed E-state index contributed by atoms with van der Waals surface area (Å²) in [5.74, 6) is 0.164. The van der Waals surface area contributed by atoms with E-state index in [2.05, 4.69) is 10.00 Å². The van der Waals surface area contributed by atoms with Gasteiger partial charge in [0.05, 0.1) is 5.52 Å². The normalized spacial score (nSPS) is 16.2. The van der Waals surface area contributed by atoms with Crippen LogP contribution in [-0.4, -0.2) is 33.6 Å². The Labute approximate surface area is 164 Å². The van der Waals surface area contributed by atoms with Gasteiger partial charge >= 0.3 is 0 Å². The highest BCUT2D eigenvalue weighted by Gasteiger charge is 2.19. The number of hydrogen-bond donors (Lipinski definition) is 0. The molecule has 3 aromatic rings. The fraction of sp³-hybridized carbons (Fsp3) is 0.304. The van der Waals surface area contributed by atoms with Gasteiger partial charge in [-0.2, -0.15) is 5.10 Å². The molecule has 1 fully saturated rings. The lowest BCUT2D eigenvalue weighted by molar-refractivity contribution is 0.104. The molecule has 144 valence electrons. The SMILES string of the molecule is Cn1nc(C(=O)/C=C\C2CCN(Cc3cccc(F)c3)CC2)c2ccccc21. The van der Waals surface area contributed by atoms with E-state index in [4.69, 9.17) is 0 Å². The maximum Gasteiger partial charge on any atom is 0.206 e. The van der Waals surface area contributed by atoms with E-state index >= 15 is 0 Å². The summed E-state index contributed by atoms with van der Waals surface area (Å²) >= 11 is 0. The summed E-state index contributed by atoms with van der Waals surface area (Å²) in [7, 11) is 1.86. The third-order valence-electron chi connectivity index (χ3n) is 5.44. The van der Waals surface area contributed by atoms with Gasteiger partial charge in [-0.1, -0.05) is 36.4 Å². The monoisotopic (exact) mass is 377 g/mol. The topological polar surface area (TPSA) is 38.1 Å². The Morgan fingerprint density at radius 3 is 2.75 bits per heavy atom. The van der Waals surface area contributed by atoms with Crippen LogP contribution in [0.4, 0.5) is 4.39 Å². The number of aromatic nitrogens is 2. The van der Waals surface area contributed by atoms with Crippen molar-refractivity contribution in [3.8, 4) is 0 Å². The molecule has 0 bridgehead atoms. The molecule has 1 saturated heterocycles. The minimum Gasteiger partial charge on any atom is -0.299 e. The third kappa shape index (κ3) is 4.04. The maximum atomic E-state index is 13.3. The minimum atomic E-state index is -0.184. The van der Waals surface area contributed by atoms with E-state index in [1.165, 1.54) is 6.07 Å². The van der Waals surface area contributed by atoms with E-state index in [-0.39, 0.29) is 11.6 Å². The highest BCUT2D eigenvalue weighted by Crippen LogP contribution is 2.22. The van der Waals surface area contributed by atoms with E-state index < -0.39 is 0 Å². The summed E-state index contributed by atoms with van der Waals surface area (Å²) < 4.78 is 15.1. The number of allylic oxidation sites excluding steroid dienone is 2. The third-order valence-corrected chi connectivity index (χ3v) is 5.44. The lowest BCUT2D eigenvalue weighted by atomic mass is 9.95. The summed E-state index contributed by atoms with van der Waals surface area (Å²) in [5, 5.41) is 5.29. The lowest BCUT2D eigenvalue weighted by Gasteiger charge is -2.30. The van der Waals surface area contributed by atoms with Gasteiger partial charge in [-0.25, -0.2) is 4.39 Å². The summed E-state index contributed by atoms with van der Waals surface area (Å²) in [6.45, 7) is 2.67. The average molecular weight is 377 g/mol. The average Bonchev–Trinajstić information content (AvgIpc) is 3.04. The van der Waals surface area contributed by atoms with Crippen LogP contribution in [-0.2, 0) is 13.6 Å². The Kier molecular flexibility index (Phi) is 5.35. The number of likely N-dealkylation sites (tertiary alicyclic amines) is 1. The summed E-state index contributed by atoms with van der Waals surface area (Å²) in [4.78, 5) is 15.0. The van der Waals surface area contributed by atoms with Gasteiger partial charge in [0.25, 0.3) is 0 Å². The first-order valence-electron chi connectivity index (χ1n) is 9.71. The van der Waals surface area contributed by atoms with Gasteiger partial charge in [0, 0.05) is 19.0 Å². The molecule has 2 heterocycles. The van der Waals surface area contributed by atoms with Crippen LogP contribution in [0.25, 0.3) is 10.9 Å². The molecule has 4 rings (SSSR count). The number of ketones is 1. The first kappa shape index (κ1) is 18.6. The fourth-order valence-corrected chi connectivity index (χ4v) is 3.90. The van der Waals surface area contributed by atoms with E-state index in [0.29, 0.717) is 11.6 Å². The number of nitrogens with zero attached hydrogens (tertiary/aromatic N) is 3. The van der Waals surface area contributed by atoms with Gasteiger partial charge in [-0.3, -0.25) is 14.4 Å². The minimum absolute atomic E-state index is 0.0426. The Morgan fingerprint density at radius 2 is 1.96 bits per heavy atom. The van der Waals surface area contributed by atoms with Crippen molar-refractivity contribution in [2.75, 3.05) is 13.1 Å². The Balaban J connectivity index is 1.35. The summed E-state index contributed by atoms with van der Waals surface area (Å²) in [5.41, 5.74) is 2.48. The molecule has 1 aliphatic heterocycles. The van der Waals surface area contributed by atoms with Crippen molar-refractivity contribution in [2.45, 2.75) is 19.4 Å². The van der Waals surface area contributed by atoms with Crippen LogP contribution in [0.1, 0.15) is 28.9 Å². The van der Waals surface area contributed by atoms with Crippen LogP contribution in [0, 0.1) is 11.7 Å². The standard InChI is InChI=1S/C23H24FN3O/c1-26-21-8-3-2-7-20(21)23(25-26)22(28)10-9-17-11-13-27(14-12-17)16-18-5-4-6-19(24)15-18/h2-10,15,17H,11-14,16H2,1H3/b10-9-. The number of aryl methyl sites for hydroxylation is 1. The first-order chi connectivity index (χ1) is 13.6. The number of piperidine rings is 1. The van der Waals surface area contributed by atoms with Gasteiger partial charge < -0.3 is 0 Å². The number of benzene rings is 2. The van der Waals surface area contributed by atoms with Crippen molar-refractivity contribution < 1.29 is 9.18 Å². The molecule has 28 heavy (non-hydrogen) atoms. The molecule has 0 unspecified atom stereocenters. The maximum absolute atomic E-state index is 13.3. The predicted octanol–water partition coefficient (Wildman–Crippen LogP) is 4.36. The fourth-order valence-electron chi connectivity index (χ4n) is 3.90. The quantitative estimate of drug-likeness (QED) is 0.490. The molecular weight excluding hydrogens is 353 g/mol. The van der Waals surface area contributed by atoms with Gasteiger partial charge in [0.1, 0.15) is 11.5 Å². The molecular formula is C23H24FN3O. The molecule has 0 amide bonds. The van der Waals surface area contributed by atoms with E-state index in [1.54, 1.807) is 22.9 Å². The highest BCUT2D eigenvalue weighted by atomic mass is 19.1. The van der Waals surface area contributed by atoms with E-state index in [0.717, 1.165) is 48.9 Å². The molecule has 0 N–H and O–H groups in total. The van der Waals surface area contributed by atoms with Crippen molar-refractivity contribution in [2.24, 2.45) is 13.0 Å². The van der Waals surface area contributed by atoms with Crippen LogP contribution in [0.2, 0.25) is 0 Å². The molecule has 0 saturated carbocycles. The van der Waals surface area contributed by atoms with Crippen molar-refractivity contribution in [1.82, 2.24) is 14.7 Å². The first-order valence-corrected chi connectivity index (χ1v) is 9.71. The van der Waals surface area contributed by atoms with Crippen LogP contribution in [0.3, 0.4) is 0 Å². The smallest absolute Gasteiger partial charge is 0.206 e. The summed E-state index contributed by atoms with van der Waals surface area (Å²) in [6, 6.07) is 14.6. The highest BCUT2D eigenvalue weighted by molar-refractivity contribution is 6.11. The van der Waals surface area contributed by atoms with Crippen molar-refractivity contribution in [1.29, 1.82) is 0 Å². The molecule has 0 spiro atoms. The van der Waals surface area contributed by atoms with Crippen LogP contribution in [0.5, 0.6) is 0 Å². The molecule has 5 heteroatoms. The Morgan fingerprint density at radius 1 is 1.18 bits per heavy atom. The zero-order chi connectivity index (χ0) is 19.5. The number of rotatable bonds is 5. The van der Waals surface area contributed by atoms with Crippen molar-refractivity contribution >= 4 is 16.7 Å². The van der Waals surface area contributed by atoms with E-state index in [9.17, 15) is 9.18 Å². The largest absolute Gasteiger partial charge is 0.299 e.